The molecule has 0 unspecified atom stereocenters. The molecule has 6 heteroatoms. The van der Waals surface area contributed by atoms with E-state index in [-0.39, 0.29) is 12.5 Å². The van der Waals surface area contributed by atoms with Crippen molar-refractivity contribution in [2.75, 3.05) is 13.2 Å². The first kappa shape index (κ1) is 13.1. The van der Waals surface area contributed by atoms with Crippen LogP contribution in [-0.4, -0.2) is 31.3 Å². The molecule has 0 atom stereocenters. The van der Waals surface area contributed by atoms with Crippen molar-refractivity contribution in [2.24, 2.45) is 0 Å². The van der Waals surface area contributed by atoms with Gasteiger partial charge < -0.3 is 19.7 Å². The molecule has 0 saturated heterocycles. The Hall–Kier alpha value is -1.37. The summed E-state index contributed by atoms with van der Waals surface area (Å²) in [7, 11) is -0.861. The number of esters is 1. The monoisotopic (exact) mass is 249 g/mol. The molecule has 0 saturated carbocycles. The minimum atomic E-state index is -0.861. The topological polar surface area (TPSA) is 67.8 Å². The fourth-order valence-electron chi connectivity index (χ4n) is 2.03. The number of ether oxygens (including phenoxy) is 1. The third-order valence-corrected chi connectivity index (χ3v) is 2.82. The standard InChI is InChI=1S/C12H16BNO4/c1-2-17-11(15)7-14-6-9-4-3-5-10-8-18-13(16)12(9)10/h3-5,14,16H,2,6-8H2,1H3. The van der Waals surface area contributed by atoms with Gasteiger partial charge in [-0.15, -0.1) is 0 Å². The van der Waals surface area contributed by atoms with E-state index in [4.69, 9.17) is 9.39 Å². The van der Waals surface area contributed by atoms with Gasteiger partial charge in [0.25, 0.3) is 0 Å². The maximum Gasteiger partial charge on any atom is 0.492 e. The Bertz CT molecular complexity index is 438. The highest BCUT2D eigenvalue weighted by atomic mass is 16.5. The third kappa shape index (κ3) is 2.90. The van der Waals surface area contributed by atoms with Gasteiger partial charge >= 0.3 is 13.1 Å². The van der Waals surface area contributed by atoms with Gasteiger partial charge in [0.15, 0.2) is 0 Å². The fraction of sp³-hybridized carbons (Fsp3) is 0.417. The van der Waals surface area contributed by atoms with Crippen LogP contribution in [-0.2, 0) is 27.3 Å². The lowest BCUT2D eigenvalue weighted by Gasteiger charge is -2.09. The second kappa shape index (κ2) is 5.99. The van der Waals surface area contributed by atoms with E-state index in [1.165, 1.54) is 0 Å². The van der Waals surface area contributed by atoms with Crippen molar-refractivity contribution < 1.29 is 19.2 Å². The number of benzene rings is 1. The Morgan fingerprint density at radius 2 is 2.44 bits per heavy atom. The van der Waals surface area contributed by atoms with E-state index in [0.717, 1.165) is 16.6 Å². The van der Waals surface area contributed by atoms with E-state index < -0.39 is 7.12 Å². The Labute approximate surface area is 106 Å². The largest absolute Gasteiger partial charge is 0.492 e. The summed E-state index contributed by atoms with van der Waals surface area (Å²) in [6.07, 6.45) is 0. The molecule has 0 spiro atoms. The molecule has 18 heavy (non-hydrogen) atoms. The Morgan fingerprint density at radius 1 is 1.61 bits per heavy atom. The van der Waals surface area contributed by atoms with E-state index in [1.54, 1.807) is 6.92 Å². The molecule has 0 radical (unpaired) electrons. The van der Waals surface area contributed by atoms with Crippen LogP contribution in [0.1, 0.15) is 18.1 Å². The normalized spacial score (nSPS) is 13.6. The predicted molar refractivity (Wildman–Crippen MR) is 67.2 cm³/mol. The summed E-state index contributed by atoms with van der Waals surface area (Å²) in [5, 5.41) is 12.7. The first-order chi connectivity index (χ1) is 8.72. The Balaban J connectivity index is 1.94. The number of fused-ring (bicyclic) bond motifs is 1. The number of carbonyl (C=O) groups is 1. The molecule has 1 aromatic rings. The summed E-state index contributed by atoms with van der Waals surface area (Å²) in [6.45, 7) is 3.25. The summed E-state index contributed by atoms with van der Waals surface area (Å²) < 4.78 is 9.98. The zero-order chi connectivity index (χ0) is 13.0. The highest BCUT2D eigenvalue weighted by molar-refractivity contribution is 6.62. The first-order valence-corrected chi connectivity index (χ1v) is 5.99. The van der Waals surface area contributed by atoms with E-state index in [1.807, 2.05) is 18.2 Å². The van der Waals surface area contributed by atoms with Gasteiger partial charge in [0, 0.05) is 6.54 Å². The minimum Gasteiger partial charge on any atom is -0.465 e. The van der Waals surface area contributed by atoms with Crippen LogP contribution in [0.25, 0.3) is 0 Å². The number of nitrogens with one attached hydrogen (secondary N) is 1. The van der Waals surface area contributed by atoms with Crippen molar-refractivity contribution in [3.8, 4) is 0 Å². The van der Waals surface area contributed by atoms with Crippen LogP contribution in [0.3, 0.4) is 0 Å². The van der Waals surface area contributed by atoms with Gasteiger partial charge in [0.2, 0.25) is 0 Å². The van der Waals surface area contributed by atoms with Crippen molar-refractivity contribution in [3.63, 3.8) is 0 Å². The zero-order valence-electron chi connectivity index (χ0n) is 10.3. The van der Waals surface area contributed by atoms with Crippen LogP contribution in [0.15, 0.2) is 18.2 Å². The number of hydrogen-bond donors (Lipinski definition) is 2. The van der Waals surface area contributed by atoms with Crippen LogP contribution in [0.5, 0.6) is 0 Å². The summed E-state index contributed by atoms with van der Waals surface area (Å²) >= 11 is 0. The van der Waals surface area contributed by atoms with Gasteiger partial charge in [-0.05, 0) is 23.5 Å². The summed E-state index contributed by atoms with van der Waals surface area (Å²) in [5.74, 6) is -0.276. The van der Waals surface area contributed by atoms with E-state index in [2.05, 4.69) is 5.32 Å². The van der Waals surface area contributed by atoms with Crippen molar-refractivity contribution in [3.05, 3.63) is 29.3 Å². The number of carbonyl (C=O) groups excluding carboxylic acids is 1. The molecule has 0 aromatic heterocycles. The average molecular weight is 249 g/mol. The third-order valence-electron chi connectivity index (χ3n) is 2.82. The van der Waals surface area contributed by atoms with Crippen LogP contribution in [0.2, 0.25) is 0 Å². The number of hydrogen-bond acceptors (Lipinski definition) is 5. The van der Waals surface area contributed by atoms with Gasteiger partial charge in [0.1, 0.15) is 0 Å². The number of rotatable bonds is 5. The van der Waals surface area contributed by atoms with E-state index in [0.29, 0.717) is 19.8 Å². The van der Waals surface area contributed by atoms with Crippen molar-refractivity contribution >= 4 is 18.6 Å². The zero-order valence-corrected chi connectivity index (χ0v) is 10.3. The first-order valence-electron chi connectivity index (χ1n) is 5.99. The quantitative estimate of drug-likeness (QED) is 0.546. The molecule has 0 bridgehead atoms. The molecule has 2 rings (SSSR count). The molecule has 0 aliphatic carbocycles. The smallest absolute Gasteiger partial charge is 0.465 e. The van der Waals surface area contributed by atoms with Crippen LogP contribution >= 0.6 is 0 Å². The molecule has 1 aliphatic heterocycles. The Kier molecular flexibility index (Phi) is 4.35. The van der Waals surface area contributed by atoms with Crippen molar-refractivity contribution in [1.29, 1.82) is 0 Å². The SMILES string of the molecule is CCOC(=O)CNCc1cccc2c1B(O)OC2. The second-order valence-electron chi connectivity index (χ2n) is 4.06. The van der Waals surface area contributed by atoms with Crippen LogP contribution in [0.4, 0.5) is 0 Å². The highest BCUT2D eigenvalue weighted by Gasteiger charge is 2.29. The fourth-order valence-corrected chi connectivity index (χ4v) is 2.03. The maximum absolute atomic E-state index is 11.2. The van der Waals surface area contributed by atoms with Gasteiger partial charge in [-0.25, -0.2) is 0 Å². The van der Waals surface area contributed by atoms with E-state index in [9.17, 15) is 9.82 Å². The van der Waals surface area contributed by atoms with Gasteiger partial charge in [-0.3, -0.25) is 4.79 Å². The molecule has 1 aliphatic rings. The predicted octanol–water partition coefficient (Wildman–Crippen LogP) is -0.443. The maximum atomic E-state index is 11.2. The molecule has 0 fully saturated rings. The van der Waals surface area contributed by atoms with E-state index >= 15 is 0 Å². The Morgan fingerprint density at radius 3 is 3.22 bits per heavy atom. The molecule has 5 nitrogen and oxygen atoms in total. The lowest BCUT2D eigenvalue weighted by Crippen LogP contribution is -2.34. The van der Waals surface area contributed by atoms with Gasteiger partial charge in [-0.2, -0.15) is 0 Å². The molecule has 2 N–H and O–H groups in total. The van der Waals surface area contributed by atoms with Crippen LogP contribution in [0, 0.1) is 0 Å². The summed E-state index contributed by atoms with van der Waals surface area (Å²) in [5.41, 5.74) is 2.76. The van der Waals surface area contributed by atoms with Crippen molar-refractivity contribution in [2.45, 2.75) is 20.1 Å². The van der Waals surface area contributed by atoms with Crippen molar-refractivity contribution in [1.82, 2.24) is 5.32 Å². The van der Waals surface area contributed by atoms with Crippen LogP contribution < -0.4 is 10.8 Å². The van der Waals surface area contributed by atoms with Gasteiger partial charge in [-0.1, -0.05) is 18.2 Å². The summed E-state index contributed by atoms with van der Waals surface area (Å²) in [6, 6.07) is 5.76. The molecule has 0 amide bonds. The molecule has 1 aromatic carbocycles. The lowest BCUT2D eigenvalue weighted by atomic mass is 9.76. The molecular formula is C12H16BNO4. The molecule has 1 heterocycles. The highest BCUT2D eigenvalue weighted by Crippen LogP contribution is 2.12. The lowest BCUT2D eigenvalue weighted by molar-refractivity contribution is -0.142. The summed E-state index contributed by atoms with van der Waals surface area (Å²) in [4.78, 5) is 11.2. The molecule has 96 valence electrons. The average Bonchev–Trinajstić information content (AvgIpc) is 2.73. The minimum absolute atomic E-state index is 0.161. The van der Waals surface area contributed by atoms with Gasteiger partial charge in [0.05, 0.1) is 19.8 Å². The molecular weight excluding hydrogens is 233 g/mol. The second-order valence-corrected chi connectivity index (χ2v) is 4.06.